The van der Waals surface area contributed by atoms with Crippen LogP contribution in [0.1, 0.15) is 26.7 Å². The van der Waals surface area contributed by atoms with Crippen molar-refractivity contribution in [1.29, 1.82) is 0 Å². The molecule has 0 saturated carbocycles. The van der Waals surface area contributed by atoms with Crippen molar-refractivity contribution < 1.29 is 19.4 Å². The number of carbonyl (C=O) groups excluding carboxylic acids is 1. The van der Waals surface area contributed by atoms with E-state index in [-0.39, 0.29) is 12.0 Å². The first kappa shape index (κ1) is 14.3. The predicted molar refractivity (Wildman–Crippen MR) is 58.8 cm³/mol. The van der Waals surface area contributed by atoms with Crippen LogP contribution >= 0.6 is 0 Å². The van der Waals surface area contributed by atoms with Crippen LogP contribution < -0.4 is 5.32 Å². The maximum Gasteiger partial charge on any atom is 0.407 e. The Hall–Kier alpha value is -1.70. The number of rotatable bonds is 6. The minimum atomic E-state index is -1.11. The van der Waals surface area contributed by atoms with E-state index in [0.29, 0.717) is 6.42 Å². The van der Waals surface area contributed by atoms with Crippen molar-refractivity contribution in [2.75, 3.05) is 13.2 Å². The molecule has 0 aromatic rings. The first-order valence-corrected chi connectivity index (χ1v) is 4.93. The van der Waals surface area contributed by atoms with Gasteiger partial charge < -0.3 is 15.2 Å². The third-order valence-corrected chi connectivity index (χ3v) is 1.92. The maximum absolute atomic E-state index is 11.0. The van der Waals surface area contributed by atoms with E-state index >= 15 is 0 Å². The molecule has 0 unspecified atom stereocenters. The largest absolute Gasteiger partial charge is 0.480 e. The van der Waals surface area contributed by atoms with E-state index in [1.54, 1.807) is 0 Å². The average molecular weight is 227 g/mol. The maximum atomic E-state index is 11.0. The summed E-state index contributed by atoms with van der Waals surface area (Å²) in [5, 5.41) is 10.4. The van der Waals surface area contributed by atoms with Crippen LogP contribution in [0.3, 0.4) is 0 Å². The number of terminal acetylenes is 1. The second-order valence-corrected chi connectivity index (χ2v) is 4.19. The van der Waals surface area contributed by atoms with Crippen LogP contribution in [0.2, 0.25) is 0 Å². The molecule has 0 aromatic heterocycles. The fraction of sp³-hybridized carbons (Fsp3) is 0.636. The monoisotopic (exact) mass is 227 g/mol. The quantitative estimate of drug-likeness (QED) is 0.669. The summed E-state index contributed by atoms with van der Waals surface area (Å²) in [5.74, 6) is 1.41. The minimum Gasteiger partial charge on any atom is -0.480 e. The number of carboxylic acid groups (broad SMARTS) is 1. The lowest BCUT2D eigenvalue weighted by Gasteiger charge is -2.22. The molecule has 0 bridgehead atoms. The molecule has 0 fully saturated rings. The molecule has 5 heteroatoms. The molecule has 1 amide bonds. The normalized spacial score (nSPS) is 10.3. The fourth-order valence-electron chi connectivity index (χ4n) is 0.942. The molecule has 0 spiro atoms. The molecule has 0 aromatic carbocycles. The minimum absolute atomic E-state index is 0.201. The number of nitrogens with one attached hydrogen (secondary N) is 1. The van der Waals surface area contributed by atoms with Gasteiger partial charge in [-0.2, -0.15) is 0 Å². The predicted octanol–water partition coefficient (Wildman–Crippen LogP) is 1.24. The molecule has 0 atom stereocenters. The number of carboxylic acids is 1. The number of ether oxygens (including phenoxy) is 1. The lowest BCUT2D eigenvalue weighted by Crippen LogP contribution is -2.32. The van der Waals surface area contributed by atoms with Crippen molar-refractivity contribution in [3.63, 3.8) is 0 Å². The molecular formula is C11H17NO4. The van der Waals surface area contributed by atoms with Gasteiger partial charge in [0.05, 0.1) is 6.61 Å². The highest BCUT2D eigenvalue weighted by atomic mass is 16.5. The van der Waals surface area contributed by atoms with Gasteiger partial charge in [-0.15, -0.1) is 12.3 Å². The van der Waals surface area contributed by atoms with Crippen molar-refractivity contribution in [2.24, 2.45) is 5.41 Å². The summed E-state index contributed by atoms with van der Waals surface area (Å²) >= 11 is 0. The number of alkyl carbamates (subject to hydrolysis) is 1. The SMILES string of the molecule is C#CCCC(C)(C)COC(=O)NCC(=O)O. The zero-order valence-electron chi connectivity index (χ0n) is 9.58. The van der Waals surface area contributed by atoms with Gasteiger partial charge in [-0.1, -0.05) is 13.8 Å². The molecule has 0 radical (unpaired) electrons. The highest BCUT2D eigenvalue weighted by molar-refractivity contribution is 5.76. The smallest absolute Gasteiger partial charge is 0.407 e. The van der Waals surface area contributed by atoms with Gasteiger partial charge in [-0.3, -0.25) is 4.79 Å². The van der Waals surface area contributed by atoms with Crippen LogP contribution in [0, 0.1) is 17.8 Å². The molecule has 0 aliphatic carbocycles. The molecule has 0 saturated heterocycles. The number of aliphatic carboxylic acids is 1. The molecule has 0 aliphatic heterocycles. The van der Waals surface area contributed by atoms with Crippen LogP contribution in [0.4, 0.5) is 4.79 Å². The van der Waals surface area contributed by atoms with Crippen molar-refractivity contribution in [1.82, 2.24) is 5.32 Å². The van der Waals surface area contributed by atoms with Crippen LogP contribution in [0.5, 0.6) is 0 Å². The van der Waals surface area contributed by atoms with Crippen LogP contribution in [-0.4, -0.2) is 30.3 Å². The van der Waals surface area contributed by atoms with Gasteiger partial charge >= 0.3 is 12.1 Å². The average Bonchev–Trinajstić information content (AvgIpc) is 2.21. The molecule has 16 heavy (non-hydrogen) atoms. The second kappa shape index (κ2) is 6.72. The Morgan fingerprint density at radius 3 is 2.62 bits per heavy atom. The van der Waals surface area contributed by atoms with Gasteiger partial charge in [0.15, 0.2) is 0 Å². The van der Waals surface area contributed by atoms with Crippen LogP contribution in [0.25, 0.3) is 0 Å². The van der Waals surface area contributed by atoms with E-state index in [0.717, 1.165) is 6.42 Å². The van der Waals surface area contributed by atoms with Gasteiger partial charge in [-0.25, -0.2) is 4.79 Å². The molecule has 2 N–H and O–H groups in total. The number of amides is 1. The highest BCUT2D eigenvalue weighted by Gasteiger charge is 2.19. The highest BCUT2D eigenvalue weighted by Crippen LogP contribution is 2.22. The van der Waals surface area contributed by atoms with Crippen molar-refractivity contribution in [3.8, 4) is 12.3 Å². The van der Waals surface area contributed by atoms with Crippen molar-refractivity contribution in [2.45, 2.75) is 26.7 Å². The zero-order chi connectivity index (χ0) is 12.6. The lowest BCUT2D eigenvalue weighted by molar-refractivity contribution is -0.135. The fourth-order valence-corrected chi connectivity index (χ4v) is 0.942. The first-order chi connectivity index (χ1) is 7.37. The Morgan fingerprint density at radius 2 is 2.12 bits per heavy atom. The third kappa shape index (κ3) is 7.68. The van der Waals surface area contributed by atoms with E-state index in [2.05, 4.69) is 11.2 Å². The van der Waals surface area contributed by atoms with E-state index in [4.69, 9.17) is 16.3 Å². The molecule has 5 nitrogen and oxygen atoms in total. The standard InChI is InChI=1S/C11H17NO4/c1-4-5-6-11(2,3)8-16-10(15)12-7-9(13)14/h1H,5-8H2,2-3H3,(H,12,15)(H,13,14). The van der Waals surface area contributed by atoms with E-state index < -0.39 is 18.6 Å². The lowest BCUT2D eigenvalue weighted by atomic mass is 9.89. The number of hydrogen-bond acceptors (Lipinski definition) is 3. The Bertz CT molecular complexity index is 291. The topological polar surface area (TPSA) is 75.6 Å². The van der Waals surface area contributed by atoms with Gasteiger partial charge in [0, 0.05) is 6.42 Å². The summed E-state index contributed by atoms with van der Waals surface area (Å²) in [7, 11) is 0. The van der Waals surface area contributed by atoms with E-state index in [9.17, 15) is 9.59 Å². The molecular weight excluding hydrogens is 210 g/mol. The summed E-state index contributed by atoms with van der Waals surface area (Å²) in [4.78, 5) is 21.2. The molecule has 90 valence electrons. The molecule has 0 rings (SSSR count). The van der Waals surface area contributed by atoms with Crippen LogP contribution in [-0.2, 0) is 9.53 Å². The first-order valence-electron chi connectivity index (χ1n) is 4.93. The summed E-state index contributed by atoms with van der Waals surface area (Å²) in [6, 6.07) is 0. The van der Waals surface area contributed by atoms with E-state index in [1.165, 1.54) is 0 Å². The van der Waals surface area contributed by atoms with Crippen LogP contribution in [0.15, 0.2) is 0 Å². The van der Waals surface area contributed by atoms with E-state index in [1.807, 2.05) is 13.8 Å². The zero-order valence-corrected chi connectivity index (χ0v) is 9.58. The third-order valence-electron chi connectivity index (χ3n) is 1.92. The second-order valence-electron chi connectivity index (χ2n) is 4.19. The van der Waals surface area contributed by atoms with Gasteiger partial charge in [0.2, 0.25) is 0 Å². The van der Waals surface area contributed by atoms with Crippen molar-refractivity contribution in [3.05, 3.63) is 0 Å². The van der Waals surface area contributed by atoms with Gasteiger partial charge in [0.25, 0.3) is 0 Å². The Kier molecular flexibility index (Phi) is 6.01. The Morgan fingerprint density at radius 1 is 1.50 bits per heavy atom. The Labute approximate surface area is 95.2 Å². The summed E-state index contributed by atoms with van der Waals surface area (Å²) < 4.78 is 4.87. The van der Waals surface area contributed by atoms with Gasteiger partial charge in [0.1, 0.15) is 6.54 Å². The number of carbonyl (C=O) groups is 2. The molecule has 0 heterocycles. The van der Waals surface area contributed by atoms with Crippen molar-refractivity contribution >= 4 is 12.1 Å². The van der Waals surface area contributed by atoms with Gasteiger partial charge in [-0.05, 0) is 11.8 Å². The summed E-state index contributed by atoms with van der Waals surface area (Å²) in [5.41, 5.74) is -0.201. The Balaban J connectivity index is 3.81. The number of hydrogen-bond donors (Lipinski definition) is 2. The summed E-state index contributed by atoms with van der Waals surface area (Å²) in [6.45, 7) is 3.62. The molecule has 0 aliphatic rings. The summed E-state index contributed by atoms with van der Waals surface area (Å²) in [6.07, 6.45) is 5.78.